The summed E-state index contributed by atoms with van der Waals surface area (Å²) in [5.41, 5.74) is 8.52. The number of carbonyl (C=O) groups is 2. The second-order valence-corrected chi connectivity index (χ2v) is 9.45. The number of rotatable bonds is 6. The van der Waals surface area contributed by atoms with Gasteiger partial charge < -0.3 is 25.8 Å². The quantitative estimate of drug-likeness (QED) is 0.458. The van der Waals surface area contributed by atoms with Crippen molar-refractivity contribution in [3.8, 4) is 5.75 Å². The molecule has 1 unspecified atom stereocenters. The number of benzene rings is 3. The molecule has 34 heavy (non-hydrogen) atoms. The van der Waals surface area contributed by atoms with Crippen molar-refractivity contribution < 1.29 is 19.4 Å². The first-order valence-corrected chi connectivity index (χ1v) is 12.0. The van der Waals surface area contributed by atoms with Gasteiger partial charge in [-0.15, -0.1) is 0 Å². The number of anilines is 1. The molecule has 3 aromatic carbocycles. The van der Waals surface area contributed by atoms with Gasteiger partial charge in [-0.25, -0.2) is 0 Å². The van der Waals surface area contributed by atoms with E-state index in [0.717, 1.165) is 32.1 Å². The van der Waals surface area contributed by atoms with Crippen LogP contribution in [0.15, 0.2) is 59.1 Å². The fourth-order valence-electron chi connectivity index (χ4n) is 4.36. The molecule has 0 aromatic heterocycles. The van der Waals surface area contributed by atoms with Crippen LogP contribution in [0.2, 0.25) is 0 Å². The number of methoxy groups -OCH3 is 1. The summed E-state index contributed by atoms with van der Waals surface area (Å²) in [5, 5.41) is 14.5. The minimum absolute atomic E-state index is 0.229. The molecule has 7 nitrogen and oxygen atoms in total. The zero-order chi connectivity index (χ0) is 24.4. The van der Waals surface area contributed by atoms with Gasteiger partial charge in [-0.2, -0.15) is 0 Å². The summed E-state index contributed by atoms with van der Waals surface area (Å²) in [6.07, 6.45) is 0.0328. The van der Waals surface area contributed by atoms with Gasteiger partial charge in [0.2, 0.25) is 11.8 Å². The van der Waals surface area contributed by atoms with Crippen molar-refractivity contribution in [1.82, 2.24) is 5.32 Å². The molecule has 8 heteroatoms. The highest BCUT2D eigenvalue weighted by molar-refractivity contribution is 9.10. The van der Waals surface area contributed by atoms with Gasteiger partial charge in [-0.05, 0) is 60.4 Å². The van der Waals surface area contributed by atoms with Gasteiger partial charge in [0.1, 0.15) is 17.8 Å². The van der Waals surface area contributed by atoms with Crippen molar-refractivity contribution in [3.63, 3.8) is 0 Å². The van der Waals surface area contributed by atoms with Gasteiger partial charge in [0.05, 0.1) is 19.8 Å². The molecule has 0 bridgehead atoms. The first-order chi connectivity index (χ1) is 16.3. The number of hydrogen-bond acceptors (Lipinski definition) is 5. The van der Waals surface area contributed by atoms with E-state index in [1.165, 1.54) is 6.92 Å². The first-order valence-electron chi connectivity index (χ1n) is 11.2. The van der Waals surface area contributed by atoms with E-state index in [9.17, 15) is 14.7 Å². The lowest BCUT2D eigenvalue weighted by Crippen LogP contribution is -2.54. The van der Waals surface area contributed by atoms with Crippen LogP contribution in [0.25, 0.3) is 10.8 Å². The average molecular weight is 526 g/mol. The van der Waals surface area contributed by atoms with Gasteiger partial charge in [-0.1, -0.05) is 46.3 Å². The average Bonchev–Trinajstić information content (AvgIpc) is 2.95. The Balaban J connectivity index is 1.76. The largest absolute Gasteiger partial charge is 0.496 e. The molecule has 3 atom stereocenters. The number of hydrogen-bond donors (Lipinski definition) is 3. The van der Waals surface area contributed by atoms with Crippen LogP contribution in [0.1, 0.15) is 24.5 Å². The smallest absolute Gasteiger partial charge is 0.249 e. The normalized spacial score (nSPS) is 17.6. The fourth-order valence-corrected chi connectivity index (χ4v) is 4.74. The monoisotopic (exact) mass is 525 g/mol. The standard InChI is InChI=1S/C26H28BrN3O4/c1-15(31)24(28)25(32)29-21-11-7-16-5-3-4-6-22(16)30(26(21)33)14-20-19-10-9-18(27)13-17(19)8-12-23(20)34-2/h3-6,8-10,12-13,15,21,24,31H,7,11,14,28H2,1-2H3,(H,29,32)/t15-,21?,24-/m0/s1. The third-order valence-electron chi connectivity index (χ3n) is 6.27. The summed E-state index contributed by atoms with van der Waals surface area (Å²) in [7, 11) is 1.61. The SMILES string of the molecule is COc1ccc2cc(Br)ccc2c1CN1C(=O)C(NC(=O)[C@@H](N)[C@H](C)O)CCc2ccccc21. The fraction of sp³-hybridized carbons (Fsp3) is 0.308. The van der Waals surface area contributed by atoms with E-state index < -0.39 is 24.1 Å². The Kier molecular flexibility index (Phi) is 7.21. The Hall–Kier alpha value is -2.94. The lowest BCUT2D eigenvalue weighted by molar-refractivity contribution is -0.129. The molecule has 4 rings (SSSR count). The number of nitrogens with one attached hydrogen (secondary N) is 1. The van der Waals surface area contributed by atoms with Crippen LogP contribution in [-0.4, -0.2) is 42.2 Å². The van der Waals surface area contributed by atoms with Crippen LogP contribution >= 0.6 is 15.9 Å². The van der Waals surface area contributed by atoms with Crippen molar-refractivity contribution in [2.75, 3.05) is 12.0 Å². The van der Waals surface area contributed by atoms with Crippen LogP contribution in [0, 0.1) is 0 Å². The van der Waals surface area contributed by atoms with Gasteiger partial charge in [0, 0.05) is 15.7 Å². The predicted octanol–water partition coefficient (Wildman–Crippen LogP) is 3.28. The Morgan fingerprint density at radius 1 is 1.26 bits per heavy atom. The van der Waals surface area contributed by atoms with Crippen molar-refractivity contribution in [2.24, 2.45) is 5.73 Å². The van der Waals surface area contributed by atoms with Gasteiger partial charge in [0.25, 0.3) is 0 Å². The van der Waals surface area contributed by atoms with Gasteiger partial charge in [0.15, 0.2) is 0 Å². The minimum atomic E-state index is -1.11. The highest BCUT2D eigenvalue weighted by Crippen LogP contribution is 2.35. The molecule has 178 valence electrons. The van der Waals surface area contributed by atoms with Crippen LogP contribution in [0.3, 0.4) is 0 Å². The third-order valence-corrected chi connectivity index (χ3v) is 6.77. The number of ether oxygens (including phenoxy) is 1. The Bertz CT molecular complexity index is 1230. The number of fused-ring (bicyclic) bond motifs is 2. The molecule has 1 aliphatic rings. The van der Waals surface area contributed by atoms with E-state index in [-0.39, 0.29) is 12.5 Å². The maximum absolute atomic E-state index is 13.8. The maximum Gasteiger partial charge on any atom is 0.249 e. The third kappa shape index (κ3) is 4.80. The first kappa shape index (κ1) is 24.2. The molecule has 0 radical (unpaired) electrons. The molecule has 0 saturated carbocycles. The maximum atomic E-state index is 13.8. The zero-order valence-electron chi connectivity index (χ0n) is 19.1. The van der Waals surface area contributed by atoms with Crippen LogP contribution in [-0.2, 0) is 22.6 Å². The van der Waals surface area contributed by atoms with E-state index in [4.69, 9.17) is 10.5 Å². The number of aliphatic hydroxyl groups excluding tert-OH is 1. The van der Waals surface area contributed by atoms with Crippen LogP contribution in [0.5, 0.6) is 5.75 Å². The second-order valence-electron chi connectivity index (χ2n) is 8.53. The number of aryl methyl sites for hydroxylation is 1. The lowest BCUT2D eigenvalue weighted by atomic mass is 10.0. The van der Waals surface area contributed by atoms with Crippen molar-refractivity contribution in [1.29, 1.82) is 0 Å². The summed E-state index contributed by atoms with van der Waals surface area (Å²) >= 11 is 3.52. The number of para-hydroxylation sites is 1. The van der Waals surface area contributed by atoms with Crippen LogP contribution < -0.4 is 20.7 Å². The van der Waals surface area contributed by atoms with E-state index in [2.05, 4.69) is 21.2 Å². The summed E-state index contributed by atoms with van der Waals surface area (Å²) in [6, 6.07) is 15.8. The molecule has 3 aromatic rings. The number of halogens is 1. The molecular weight excluding hydrogens is 498 g/mol. The topological polar surface area (TPSA) is 105 Å². The van der Waals surface area contributed by atoms with E-state index >= 15 is 0 Å². The van der Waals surface area contributed by atoms with Gasteiger partial charge >= 0.3 is 0 Å². The van der Waals surface area contributed by atoms with Gasteiger partial charge in [-0.3, -0.25) is 9.59 Å². The number of carbonyl (C=O) groups excluding carboxylic acids is 2. The van der Waals surface area contributed by atoms with Crippen molar-refractivity contribution >= 4 is 44.2 Å². The van der Waals surface area contributed by atoms with E-state index in [1.807, 2.05) is 54.6 Å². The summed E-state index contributed by atoms with van der Waals surface area (Å²) in [4.78, 5) is 28.1. The summed E-state index contributed by atoms with van der Waals surface area (Å²) < 4.78 is 6.63. The van der Waals surface area contributed by atoms with E-state index in [1.54, 1.807) is 12.0 Å². The zero-order valence-corrected chi connectivity index (χ0v) is 20.7. The Labute approximate surface area is 207 Å². The van der Waals surface area contributed by atoms with Crippen molar-refractivity contribution in [3.05, 3.63) is 70.2 Å². The van der Waals surface area contributed by atoms with Crippen molar-refractivity contribution in [2.45, 2.75) is 44.5 Å². The molecule has 4 N–H and O–H groups in total. The highest BCUT2D eigenvalue weighted by Gasteiger charge is 2.33. The predicted molar refractivity (Wildman–Crippen MR) is 136 cm³/mol. The lowest BCUT2D eigenvalue weighted by Gasteiger charge is -2.28. The molecule has 0 spiro atoms. The molecule has 0 fully saturated rings. The minimum Gasteiger partial charge on any atom is -0.496 e. The summed E-state index contributed by atoms with van der Waals surface area (Å²) in [6.45, 7) is 1.72. The molecule has 1 heterocycles. The summed E-state index contributed by atoms with van der Waals surface area (Å²) in [5.74, 6) is -0.0971. The highest BCUT2D eigenvalue weighted by atomic mass is 79.9. The second kappa shape index (κ2) is 10.1. The number of amides is 2. The molecular formula is C26H28BrN3O4. The Morgan fingerprint density at radius 3 is 2.76 bits per heavy atom. The van der Waals surface area contributed by atoms with E-state index in [0.29, 0.717) is 18.6 Å². The van der Waals surface area contributed by atoms with Crippen LogP contribution in [0.4, 0.5) is 5.69 Å². The number of aliphatic hydroxyl groups is 1. The molecule has 0 aliphatic carbocycles. The molecule has 1 aliphatic heterocycles. The Morgan fingerprint density at radius 2 is 2.03 bits per heavy atom. The molecule has 0 saturated heterocycles. The molecule has 2 amide bonds. The number of nitrogens with zero attached hydrogens (tertiary/aromatic N) is 1. The number of nitrogens with two attached hydrogens (primary N) is 1.